The van der Waals surface area contributed by atoms with Crippen LogP contribution in [0.25, 0.3) is 38.8 Å². The Bertz CT molecular complexity index is 3290. The molecular weight excluding hydrogens is 1040 g/mol. The van der Waals surface area contributed by atoms with Crippen molar-refractivity contribution in [3.63, 3.8) is 0 Å². The molecule has 0 spiro atoms. The molecule has 0 amide bonds. The van der Waals surface area contributed by atoms with Crippen molar-refractivity contribution in [3.05, 3.63) is 235 Å². The zero-order chi connectivity index (χ0) is 48.3. The minimum atomic E-state index is -0.241. The van der Waals surface area contributed by atoms with Crippen molar-refractivity contribution in [1.82, 2.24) is 9.55 Å². The van der Waals surface area contributed by atoms with Gasteiger partial charge in [0.2, 0.25) is 0 Å². The molecule has 10 rings (SSSR count). The number of benzene rings is 7. The van der Waals surface area contributed by atoms with Gasteiger partial charge in [-0.05, 0) is 97.9 Å². The summed E-state index contributed by atoms with van der Waals surface area (Å²) >= 11 is 0. The monoisotopic (exact) mass is 1100 g/mol. The van der Waals surface area contributed by atoms with E-state index in [4.69, 9.17) is 9.72 Å². The molecule has 0 bridgehead atoms. The first-order valence-electron chi connectivity index (χ1n) is 24.1. The Hall–Kier alpha value is -6.68. The largest absolute Gasteiger partial charge is 0.509 e. The van der Waals surface area contributed by atoms with Gasteiger partial charge in [0.05, 0.1) is 0 Å². The summed E-state index contributed by atoms with van der Waals surface area (Å²) in [5.41, 5.74) is 13.0. The quantitative estimate of drug-likeness (QED) is 0.128. The zero-order valence-corrected chi connectivity index (χ0v) is 44.2. The molecule has 2 aromatic heterocycles. The van der Waals surface area contributed by atoms with Crippen LogP contribution in [-0.4, -0.2) is 9.55 Å². The van der Waals surface area contributed by atoms with Crippen LogP contribution in [0.3, 0.4) is 0 Å². The molecule has 1 aliphatic heterocycles. The van der Waals surface area contributed by atoms with Crippen molar-refractivity contribution in [1.29, 1.82) is 0 Å². The first-order chi connectivity index (χ1) is 32.9. The third-order valence-electron chi connectivity index (χ3n) is 14.1. The molecule has 0 aliphatic carbocycles. The molecule has 6 heteroatoms. The summed E-state index contributed by atoms with van der Waals surface area (Å²) in [6, 6.07) is 66.2. The van der Waals surface area contributed by atoms with Crippen molar-refractivity contribution in [2.24, 2.45) is 0 Å². The number of aromatic nitrogens is 2. The third kappa shape index (κ3) is 9.37. The maximum atomic E-state index is 6.86. The van der Waals surface area contributed by atoms with Gasteiger partial charge in [-0.2, -0.15) is 6.07 Å². The Labute approximate surface area is 429 Å². The van der Waals surface area contributed by atoms with E-state index in [2.05, 4.69) is 273 Å². The van der Waals surface area contributed by atoms with E-state index in [-0.39, 0.29) is 42.7 Å². The van der Waals surface area contributed by atoms with Gasteiger partial charge in [-0.25, -0.2) is 4.98 Å². The smallest absolute Gasteiger partial charge is 0.135 e. The number of ether oxygens (including phenoxy) is 1. The fourth-order valence-corrected chi connectivity index (χ4v) is 9.49. The average Bonchev–Trinajstić information content (AvgIpc) is 3.98. The van der Waals surface area contributed by atoms with Crippen molar-refractivity contribution >= 4 is 33.2 Å². The summed E-state index contributed by atoms with van der Waals surface area (Å²) in [6.07, 6.45) is 6.16. The molecule has 0 N–H and O–H groups in total. The summed E-state index contributed by atoms with van der Waals surface area (Å²) in [7, 11) is 0. The second-order valence-corrected chi connectivity index (χ2v) is 21.6. The summed E-state index contributed by atoms with van der Waals surface area (Å²) in [4.78, 5) is 9.31. The van der Waals surface area contributed by atoms with Gasteiger partial charge >= 0.3 is 0 Å². The third-order valence-corrected chi connectivity index (χ3v) is 14.1. The number of fused-ring (bicyclic) bond motifs is 3. The number of rotatable bonds is 10. The van der Waals surface area contributed by atoms with Gasteiger partial charge in [0.1, 0.15) is 5.82 Å². The van der Waals surface area contributed by atoms with Crippen LogP contribution in [0.15, 0.2) is 182 Å². The Kier molecular flexibility index (Phi) is 12.8. The van der Waals surface area contributed by atoms with Crippen molar-refractivity contribution in [2.75, 3.05) is 9.80 Å². The molecular formula is C64H61N4OPt-3. The van der Waals surface area contributed by atoms with Gasteiger partial charge in [0.15, 0.2) is 0 Å². The van der Waals surface area contributed by atoms with E-state index in [1.54, 1.807) is 0 Å². The molecule has 0 radical (unpaired) electrons. The minimum Gasteiger partial charge on any atom is -0.509 e. The van der Waals surface area contributed by atoms with Crippen LogP contribution in [0.5, 0.6) is 11.5 Å². The molecule has 356 valence electrons. The normalized spacial score (nSPS) is 13.3. The van der Waals surface area contributed by atoms with Gasteiger partial charge < -0.3 is 19.1 Å². The predicted molar refractivity (Wildman–Crippen MR) is 288 cm³/mol. The van der Waals surface area contributed by atoms with E-state index < -0.39 is 0 Å². The SMILES string of the molecule is CC(C)(C)c1cc(Oc2[c-]c3c(cc2)c2cc(-c4ccccc4)ccc2n3-c2cc(C(C)(C)C)ccn2)[c-]c(N2C=CN(c3cc(C(C)(C)c4ccccc4)cc(C(C)(C)c4ccccc4)c3)[CH-]2)c1.[Pt]. The Morgan fingerprint density at radius 2 is 1.07 bits per heavy atom. The van der Waals surface area contributed by atoms with Gasteiger partial charge in [-0.1, -0.05) is 184 Å². The number of pyridine rings is 1. The van der Waals surface area contributed by atoms with Gasteiger partial charge in [0, 0.05) is 60.8 Å². The van der Waals surface area contributed by atoms with E-state index in [1.165, 1.54) is 33.4 Å². The molecule has 5 nitrogen and oxygen atoms in total. The van der Waals surface area contributed by atoms with Crippen LogP contribution in [0.2, 0.25) is 0 Å². The fourth-order valence-electron chi connectivity index (χ4n) is 9.49. The number of hydrogen-bond acceptors (Lipinski definition) is 4. The maximum Gasteiger partial charge on any atom is 0.135 e. The number of hydrogen-bond donors (Lipinski definition) is 0. The van der Waals surface area contributed by atoms with E-state index in [0.717, 1.165) is 50.1 Å². The van der Waals surface area contributed by atoms with E-state index in [0.29, 0.717) is 11.5 Å². The number of anilines is 2. The van der Waals surface area contributed by atoms with Crippen LogP contribution >= 0.6 is 0 Å². The molecule has 0 atom stereocenters. The van der Waals surface area contributed by atoms with Gasteiger partial charge in [-0.3, -0.25) is 0 Å². The molecule has 0 unspecified atom stereocenters. The molecule has 9 aromatic rings. The molecule has 0 saturated carbocycles. The molecule has 70 heavy (non-hydrogen) atoms. The summed E-state index contributed by atoms with van der Waals surface area (Å²) in [5.74, 6) is 2.07. The standard InChI is InChI=1S/C64H61N4O.Pt/c1-61(2,3)48-30-31-65-60(40-48)68-58-29-26-45(44-20-14-11-15-21-44)34-57(58)56-28-27-54(42-59(56)68)69-55-39-49(62(4,5)6)36-53(41-55)67-33-32-66(43-67)52-37-50(63(7,8)46-22-16-12-17-23-46)35-51(38-52)64(9,10)47-24-18-13-19-25-47;/h11-40,43H,1-10H3;/q-3;. The van der Waals surface area contributed by atoms with E-state index >= 15 is 0 Å². The molecule has 0 fully saturated rings. The van der Waals surface area contributed by atoms with Crippen LogP contribution in [0.4, 0.5) is 11.4 Å². The van der Waals surface area contributed by atoms with Crippen molar-refractivity contribution < 1.29 is 25.8 Å². The minimum absolute atomic E-state index is 0. The zero-order valence-electron chi connectivity index (χ0n) is 41.9. The van der Waals surface area contributed by atoms with Gasteiger partial charge in [0.25, 0.3) is 0 Å². The van der Waals surface area contributed by atoms with E-state index in [1.807, 2.05) is 12.3 Å². The number of nitrogens with zero attached hydrogens (tertiary/aromatic N) is 4. The Morgan fingerprint density at radius 3 is 1.69 bits per heavy atom. The van der Waals surface area contributed by atoms with Crippen LogP contribution in [-0.2, 0) is 42.7 Å². The van der Waals surface area contributed by atoms with Crippen LogP contribution in [0, 0.1) is 18.8 Å². The summed E-state index contributed by atoms with van der Waals surface area (Å²) in [6.45, 7) is 24.9. The molecule has 0 saturated heterocycles. The Balaban J connectivity index is 0.00000608. The van der Waals surface area contributed by atoms with Crippen LogP contribution < -0.4 is 14.5 Å². The molecule has 1 aliphatic rings. The molecule has 7 aromatic carbocycles. The summed E-state index contributed by atoms with van der Waals surface area (Å²) in [5, 5.41) is 2.21. The first-order valence-corrected chi connectivity index (χ1v) is 24.1. The van der Waals surface area contributed by atoms with Crippen LogP contribution in [0.1, 0.15) is 103 Å². The summed E-state index contributed by atoms with van der Waals surface area (Å²) < 4.78 is 9.08. The molecule has 3 heterocycles. The Morgan fingerprint density at radius 1 is 0.471 bits per heavy atom. The fraction of sp³-hybridized carbons (Fsp3) is 0.219. The van der Waals surface area contributed by atoms with Gasteiger partial charge in [-0.15, -0.1) is 53.6 Å². The van der Waals surface area contributed by atoms with Crippen molar-refractivity contribution in [2.45, 2.75) is 90.9 Å². The average molecular weight is 1100 g/mol. The predicted octanol–water partition coefficient (Wildman–Crippen LogP) is 16.4. The topological polar surface area (TPSA) is 33.5 Å². The van der Waals surface area contributed by atoms with Crippen molar-refractivity contribution in [3.8, 4) is 28.4 Å². The maximum absolute atomic E-state index is 6.86. The first kappa shape index (κ1) is 48.3. The second kappa shape index (κ2) is 18.6. The van der Waals surface area contributed by atoms with E-state index in [9.17, 15) is 0 Å². The second-order valence-electron chi connectivity index (χ2n) is 21.6.